The van der Waals surface area contributed by atoms with Gasteiger partial charge in [-0.15, -0.1) is 0 Å². The molecule has 0 aliphatic carbocycles. The Bertz CT molecular complexity index is 632. The molecule has 1 N–H and O–H groups in total. The molecule has 0 aliphatic heterocycles. The van der Waals surface area contributed by atoms with E-state index in [0.29, 0.717) is 5.92 Å². The first-order valence-electron chi connectivity index (χ1n) is 7.43. The zero-order valence-electron chi connectivity index (χ0n) is 13.1. The number of hydrogen-bond acceptors (Lipinski definition) is 2. The van der Waals surface area contributed by atoms with Crippen LogP contribution in [-0.4, -0.2) is 11.1 Å². The van der Waals surface area contributed by atoms with Crippen molar-refractivity contribution in [1.82, 2.24) is 9.88 Å². The van der Waals surface area contributed by atoms with Gasteiger partial charge in [0.25, 0.3) is 0 Å². The highest BCUT2D eigenvalue weighted by atomic mass is 14.9. The van der Waals surface area contributed by atoms with Gasteiger partial charge in [-0.25, -0.2) is 0 Å². The van der Waals surface area contributed by atoms with Gasteiger partial charge in [-0.05, 0) is 54.3 Å². The van der Waals surface area contributed by atoms with Crippen molar-refractivity contribution in [2.75, 3.05) is 6.54 Å². The average molecular weight is 281 g/mol. The number of rotatable bonds is 6. The van der Waals surface area contributed by atoms with E-state index < -0.39 is 0 Å². The fraction of sp³-hybridized carbons (Fsp3) is 0.389. The minimum atomic E-state index is 0.674. The number of hydrogen-bond donors (Lipinski definition) is 1. The minimum absolute atomic E-state index is 0.674. The smallest absolute Gasteiger partial charge is 0.0991 e. The summed E-state index contributed by atoms with van der Waals surface area (Å²) in [7, 11) is 0. The quantitative estimate of drug-likeness (QED) is 0.881. The highest BCUT2D eigenvalue weighted by Crippen LogP contribution is 2.13. The third-order valence-corrected chi connectivity index (χ3v) is 3.52. The molecular weight excluding hydrogens is 258 g/mol. The van der Waals surface area contributed by atoms with E-state index in [1.807, 2.05) is 18.2 Å². The van der Waals surface area contributed by atoms with Crippen molar-refractivity contribution in [1.29, 1.82) is 5.26 Å². The van der Waals surface area contributed by atoms with Crippen molar-refractivity contribution in [2.45, 2.75) is 33.9 Å². The lowest BCUT2D eigenvalue weighted by atomic mass is 10.1. The van der Waals surface area contributed by atoms with E-state index in [4.69, 9.17) is 5.26 Å². The summed E-state index contributed by atoms with van der Waals surface area (Å²) in [4.78, 5) is 0. The molecule has 1 heterocycles. The molecule has 0 unspecified atom stereocenters. The maximum Gasteiger partial charge on any atom is 0.0991 e. The molecule has 1 aromatic carbocycles. The van der Waals surface area contributed by atoms with E-state index in [1.165, 1.54) is 16.7 Å². The summed E-state index contributed by atoms with van der Waals surface area (Å²) >= 11 is 0. The molecule has 110 valence electrons. The Morgan fingerprint density at radius 2 is 2.10 bits per heavy atom. The molecule has 3 nitrogen and oxygen atoms in total. The summed E-state index contributed by atoms with van der Waals surface area (Å²) in [6.07, 6.45) is 4.30. The number of benzene rings is 1. The first kappa shape index (κ1) is 15.3. The van der Waals surface area contributed by atoms with Crippen molar-refractivity contribution in [3.8, 4) is 6.07 Å². The molecule has 0 spiro atoms. The summed E-state index contributed by atoms with van der Waals surface area (Å²) in [6, 6.07) is 10.2. The lowest BCUT2D eigenvalue weighted by molar-refractivity contribution is 0.552. The third-order valence-electron chi connectivity index (χ3n) is 3.52. The highest BCUT2D eigenvalue weighted by molar-refractivity contribution is 5.37. The van der Waals surface area contributed by atoms with Crippen molar-refractivity contribution in [2.24, 2.45) is 5.92 Å². The van der Waals surface area contributed by atoms with Gasteiger partial charge in [-0.1, -0.05) is 19.9 Å². The Kier molecular flexibility index (Phi) is 5.19. The number of aryl methyl sites for hydroxylation is 1. The van der Waals surface area contributed by atoms with Crippen LogP contribution in [0.5, 0.6) is 0 Å². The molecule has 0 fully saturated rings. The molecule has 0 atom stereocenters. The Morgan fingerprint density at radius 1 is 1.29 bits per heavy atom. The Morgan fingerprint density at radius 3 is 2.76 bits per heavy atom. The van der Waals surface area contributed by atoms with Crippen LogP contribution in [0.4, 0.5) is 0 Å². The third kappa shape index (κ3) is 4.47. The van der Waals surface area contributed by atoms with Crippen LogP contribution in [0.25, 0.3) is 0 Å². The van der Waals surface area contributed by atoms with E-state index >= 15 is 0 Å². The number of nitrogens with one attached hydrogen (secondary N) is 1. The minimum Gasteiger partial charge on any atom is -0.350 e. The standard InChI is InChI=1S/C18H23N3/c1-14(2)10-20-11-17-6-7-21(12-17)13-18-5-4-16(9-19)8-15(18)3/h4-8,12,14,20H,10-11,13H2,1-3H3. The second-order valence-corrected chi connectivity index (χ2v) is 5.97. The largest absolute Gasteiger partial charge is 0.350 e. The van der Waals surface area contributed by atoms with Crippen molar-refractivity contribution in [3.63, 3.8) is 0 Å². The predicted octanol–water partition coefficient (Wildman–Crippen LogP) is 3.46. The molecule has 0 saturated carbocycles. The van der Waals surface area contributed by atoms with Crippen LogP contribution in [0.1, 0.15) is 36.1 Å². The van der Waals surface area contributed by atoms with Crippen LogP contribution in [0.3, 0.4) is 0 Å². The maximum atomic E-state index is 8.91. The first-order valence-corrected chi connectivity index (χ1v) is 7.43. The van der Waals surface area contributed by atoms with Crippen molar-refractivity contribution >= 4 is 0 Å². The molecule has 21 heavy (non-hydrogen) atoms. The van der Waals surface area contributed by atoms with Gasteiger partial charge in [-0.2, -0.15) is 5.26 Å². The summed E-state index contributed by atoms with van der Waals surface area (Å²) in [5.41, 5.74) is 4.46. The molecule has 0 aliphatic rings. The second-order valence-electron chi connectivity index (χ2n) is 5.97. The van der Waals surface area contributed by atoms with Gasteiger partial charge >= 0.3 is 0 Å². The number of aromatic nitrogens is 1. The van der Waals surface area contributed by atoms with Crippen molar-refractivity contribution < 1.29 is 0 Å². The van der Waals surface area contributed by atoms with E-state index in [1.54, 1.807) is 0 Å². The van der Waals surface area contributed by atoms with E-state index in [9.17, 15) is 0 Å². The van der Waals surface area contributed by atoms with Crippen molar-refractivity contribution in [3.05, 3.63) is 58.9 Å². The van der Waals surface area contributed by atoms with E-state index in [2.05, 4.69) is 55.2 Å². The van der Waals surface area contributed by atoms with Gasteiger partial charge < -0.3 is 9.88 Å². The Balaban J connectivity index is 1.98. The zero-order valence-corrected chi connectivity index (χ0v) is 13.1. The van der Waals surface area contributed by atoms with Gasteiger partial charge in [-0.3, -0.25) is 0 Å². The van der Waals surface area contributed by atoms with Crippen LogP contribution in [0, 0.1) is 24.2 Å². The molecule has 1 aromatic heterocycles. The van der Waals surface area contributed by atoms with Gasteiger partial charge in [0.1, 0.15) is 0 Å². The molecule has 0 saturated heterocycles. The molecule has 0 radical (unpaired) electrons. The van der Waals surface area contributed by atoms with E-state index in [-0.39, 0.29) is 0 Å². The Hall–Kier alpha value is -2.05. The van der Waals surface area contributed by atoms with E-state index in [0.717, 1.165) is 25.2 Å². The average Bonchev–Trinajstić information content (AvgIpc) is 2.88. The molecule has 2 rings (SSSR count). The SMILES string of the molecule is Cc1cc(C#N)ccc1Cn1ccc(CNCC(C)C)c1. The lowest BCUT2D eigenvalue weighted by Crippen LogP contribution is -2.18. The lowest BCUT2D eigenvalue weighted by Gasteiger charge is -2.08. The topological polar surface area (TPSA) is 40.8 Å². The first-order chi connectivity index (χ1) is 10.1. The van der Waals surface area contributed by atoms with Crippen LogP contribution >= 0.6 is 0 Å². The number of nitriles is 1. The fourth-order valence-electron chi connectivity index (χ4n) is 2.34. The molecule has 2 aromatic rings. The highest BCUT2D eigenvalue weighted by Gasteiger charge is 2.03. The molecule has 0 bridgehead atoms. The molecule has 3 heteroatoms. The molecule has 0 amide bonds. The summed E-state index contributed by atoms with van der Waals surface area (Å²) in [5.74, 6) is 0.674. The van der Waals surface area contributed by atoms with Gasteiger partial charge in [0.2, 0.25) is 0 Å². The second kappa shape index (κ2) is 7.10. The van der Waals surface area contributed by atoms with Crippen LogP contribution < -0.4 is 5.32 Å². The van der Waals surface area contributed by atoms with Crippen LogP contribution in [-0.2, 0) is 13.1 Å². The maximum absolute atomic E-state index is 8.91. The van der Waals surface area contributed by atoms with Gasteiger partial charge in [0, 0.05) is 25.5 Å². The Labute approximate surface area is 127 Å². The summed E-state index contributed by atoms with van der Waals surface area (Å²) in [5, 5.41) is 12.4. The normalized spacial score (nSPS) is 10.8. The summed E-state index contributed by atoms with van der Waals surface area (Å²) < 4.78 is 2.20. The van der Waals surface area contributed by atoms with Crippen LogP contribution in [0.2, 0.25) is 0 Å². The summed E-state index contributed by atoms with van der Waals surface area (Å²) in [6.45, 7) is 9.29. The van der Waals surface area contributed by atoms with Crippen LogP contribution in [0.15, 0.2) is 36.7 Å². The fourth-order valence-corrected chi connectivity index (χ4v) is 2.34. The van der Waals surface area contributed by atoms with Gasteiger partial charge in [0.15, 0.2) is 0 Å². The van der Waals surface area contributed by atoms with Gasteiger partial charge in [0.05, 0.1) is 11.6 Å². The molecular formula is C18H23N3. The monoisotopic (exact) mass is 281 g/mol. The zero-order chi connectivity index (χ0) is 15.2. The number of nitrogens with zero attached hydrogens (tertiary/aromatic N) is 2. The predicted molar refractivity (Wildman–Crippen MR) is 86.0 cm³/mol.